The molecule has 2 heterocycles. The molecule has 0 spiro atoms. The molecule has 2 aromatic carbocycles. The lowest BCUT2D eigenvalue weighted by Crippen LogP contribution is -2.47. The van der Waals surface area contributed by atoms with E-state index in [2.05, 4.69) is 4.98 Å². The molecule has 1 aliphatic heterocycles. The van der Waals surface area contributed by atoms with Crippen molar-refractivity contribution in [3.05, 3.63) is 73.4 Å². The van der Waals surface area contributed by atoms with E-state index in [-0.39, 0.29) is 65.6 Å². The van der Waals surface area contributed by atoms with Gasteiger partial charge in [-0.15, -0.1) is 0 Å². The van der Waals surface area contributed by atoms with Crippen molar-refractivity contribution in [2.45, 2.75) is 31.1 Å². The van der Waals surface area contributed by atoms with Crippen LogP contribution in [0, 0.1) is 11.3 Å². The van der Waals surface area contributed by atoms with E-state index in [0.29, 0.717) is 10.6 Å². The number of piperazine rings is 1. The zero-order valence-corrected chi connectivity index (χ0v) is 22.0. The fourth-order valence-electron chi connectivity index (χ4n) is 4.62. The molecule has 40 heavy (non-hydrogen) atoms. The summed E-state index contributed by atoms with van der Waals surface area (Å²) in [5, 5.41) is 17.9. The fourth-order valence-corrected chi connectivity index (χ4v) is 5.73. The molecule has 212 valence electrons. The first-order valence-electron chi connectivity index (χ1n) is 12.1. The van der Waals surface area contributed by atoms with E-state index in [0.717, 1.165) is 11.0 Å². The Morgan fingerprint density at radius 3 is 2.33 bits per heavy atom. The molecule has 4 rings (SSSR count). The molecule has 3 aromatic rings. The van der Waals surface area contributed by atoms with Crippen molar-refractivity contribution < 1.29 is 31.5 Å². The minimum atomic E-state index is -4.84. The van der Waals surface area contributed by atoms with Gasteiger partial charge in [0.1, 0.15) is 0 Å². The molecule has 0 unspecified atom stereocenters. The SMILES string of the molecule is CCS(=O)(=O)c1ccc(C#N)cc1Cn1c(=O)[nH]c2cc(CN3CCN(C(=O)O)CC3)c(C(F)(F)F)cc2c1=O. The molecule has 1 amide bonds. The second-order valence-corrected chi connectivity index (χ2v) is 11.5. The van der Waals surface area contributed by atoms with Crippen molar-refractivity contribution >= 4 is 26.8 Å². The van der Waals surface area contributed by atoms with Crippen molar-refractivity contribution in [1.29, 1.82) is 5.26 Å². The third-order valence-electron chi connectivity index (χ3n) is 6.78. The number of H-pyrrole nitrogens is 1. The van der Waals surface area contributed by atoms with Gasteiger partial charge in [-0.1, -0.05) is 6.92 Å². The quantitative estimate of drug-likeness (QED) is 0.450. The maximum absolute atomic E-state index is 14.1. The normalized spacial score (nSPS) is 14.8. The highest BCUT2D eigenvalue weighted by Crippen LogP contribution is 2.34. The van der Waals surface area contributed by atoms with E-state index in [1.807, 2.05) is 6.07 Å². The Morgan fingerprint density at radius 2 is 1.75 bits per heavy atom. The minimum Gasteiger partial charge on any atom is -0.465 e. The van der Waals surface area contributed by atoms with E-state index >= 15 is 0 Å². The van der Waals surface area contributed by atoms with E-state index in [4.69, 9.17) is 5.11 Å². The fraction of sp³-hybridized carbons (Fsp3) is 0.360. The lowest BCUT2D eigenvalue weighted by molar-refractivity contribution is -0.138. The van der Waals surface area contributed by atoms with Crippen LogP contribution >= 0.6 is 0 Å². The molecule has 1 saturated heterocycles. The van der Waals surface area contributed by atoms with Crippen LogP contribution in [0.3, 0.4) is 0 Å². The molecule has 0 bridgehead atoms. The second kappa shape index (κ2) is 10.8. The molecule has 0 atom stereocenters. The van der Waals surface area contributed by atoms with Gasteiger partial charge >= 0.3 is 18.0 Å². The van der Waals surface area contributed by atoms with Crippen LogP contribution in [0.15, 0.2) is 44.8 Å². The molecule has 0 radical (unpaired) electrons. The maximum atomic E-state index is 14.1. The van der Waals surface area contributed by atoms with Crippen molar-refractivity contribution in [3.63, 3.8) is 0 Å². The number of carbonyl (C=O) groups is 1. The molecule has 1 fully saturated rings. The number of nitrogens with one attached hydrogen (secondary N) is 1. The number of sulfone groups is 1. The Balaban J connectivity index is 1.80. The number of amides is 1. The van der Waals surface area contributed by atoms with Gasteiger partial charge < -0.3 is 15.0 Å². The summed E-state index contributed by atoms with van der Waals surface area (Å²) in [4.78, 5) is 42.4. The first-order valence-corrected chi connectivity index (χ1v) is 13.7. The van der Waals surface area contributed by atoms with Crippen LogP contribution in [0.1, 0.15) is 29.2 Å². The van der Waals surface area contributed by atoms with Gasteiger partial charge in [-0.05, 0) is 41.5 Å². The molecule has 0 saturated carbocycles. The Kier molecular flexibility index (Phi) is 7.77. The molecule has 1 aliphatic rings. The number of nitrogens with zero attached hydrogens (tertiary/aromatic N) is 4. The number of hydrogen-bond acceptors (Lipinski definition) is 7. The standard InChI is InChI=1S/C25H24F3N5O6S/c1-2-40(38,39)21-4-3-15(12-29)9-17(21)14-33-22(34)18-11-19(25(26,27)28)16(10-20(18)30-23(33)35)13-31-5-7-32(8-6-31)24(36)37/h3-4,9-11H,2,5-8,13-14H2,1H3,(H,30,35)(H,36,37). The molecule has 11 nitrogen and oxygen atoms in total. The number of aromatic amines is 1. The van der Waals surface area contributed by atoms with Crippen LogP contribution in [0.4, 0.5) is 18.0 Å². The third-order valence-corrected chi connectivity index (χ3v) is 8.61. The molecule has 15 heteroatoms. The largest absolute Gasteiger partial charge is 0.465 e. The lowest BCUT2D eigenvalue weighted by Gasteiger charge is -2.33. The Morgan fingerprint density at radius 1 is 1.07 bits per heavy atom. The van der Waals surface area contributed by atoms with Crippen LogP contribution in [0.25, 0.3) is 10.9 Å². The summed E-state index contributed by atoms with van der Waals surface area (Å²) in [5.41, 5.74) is -3.41. The summed E-state index contributed by atoms with van der Waals surface area (Å²) in [6.07, 6.45) is -5.96. The van der Waals surface area contributed by atoms with Crippen LogP contribution in [-0.4, -0.2) is 70.9 Å². The summed E-state index contributed by atoms with van der Waals surface area (Å²) in [7, 11) is -3.82. The predicted octanol–water partition coefficient (Wildman–Crippen LogP) is 2.22. The average Bonchev–Trinajstić information content (AvgIpc) is 2.90. The summed E-state index contributed by atoms with van der Waals surface area (Å²) in [5.74, 6) is -0.294. The molecule has 1 aromatic heterocycles. The Bertz CT molecular complexity index is 1750. The highest BCUT2D eigenvalue weighted by atomic mass is 32.2. The zero-order valence-electron chi connectivity index (χ0n) is 21.2. The zero-order chi connectivity index (χ0) is 29.4. The van der Waals surface area contributed by atoms with Gasteiger partial charge in [0.25, 0.3) is 5.56 Å². The van der Waals surface area contributed by atoms with Gasteiger partial charge in [-0.2, -0.15) is 18.4 Å². The number of nitriles is 1. The van der Waals surface area contributed by atoms with Crippen LogP contribution in [-0.2, 0) is 29.1 Å². The molecule has 2 N–H and O–H groups in total. The van der Waals surface area contributed by atoms with Gasteiger partial charge in [-0.3, -0.25) is 14.3 Å². The average molecular weight is 580 g/mol. The first-order chi connectivity index (χ1) is 18.7. The van der Waals surface area contributed by atoms with Gasteiger partial charge in [0.2, 0.25) is 0 Å². The van der Waals surface area contributed by atoms with Crippen LogP contribution < -0.4 is 11.2 Å². The van der Waals surface area contributed by atoms with Crippen molar-refractivity contribution in [2.24, 2.45) is 0 Å². The minimum absolute atomic E-state index is 0.0268. The number of aromatic nitrogens is 2. The van der Waals surface area contributed by atoms with E-state index < -0.39 is 50.9 Å². The predicted molar refractivity (Wildman–Crippen MR) is 137 cm³/mol. The number of halogens is 3. The number of fused-ring (bicyclic) bond motifs is 1. The number of benzene rings is 2. The topological polar surface area (TPSA) is 157 Å². The second-order valence-electron chi connectivity index (χ2n) is 9.26. The molecular weight excluding hydrogens is 555 g/mol. The number of hydrogen-bond donors (Lipinski definition) is 2. The highest BCUT2D eigenvalue weighted by Gasteiger charge is 2.35. The smallest absolute Gasteiger partial charge is 0.416 e. The Hall–Kier alpha value is -4.16. The molecular formula is C25H24F3N5O6S. The van der Waals surface area contributed by atoms with Crippen LogP contribution in [0.5, 0.6) is 0 Å². The van der Waals surface area contributed by atoms with E-state index in [1.54, 1.807) is 4.90 Å². The summed E-state index contributed by atoms with van der Waals surface area (Å²) in [6, 6.07) is 7.27. The third kappa shape index (κ3) is 5.73. The highest BCUT2D eigenvalue weighted by molar-refractivity contribution is 7.91. The Labute approximate surface area is 225 Å². The monoisotopic (exact) mass is 579 g/mol. The van der Waals surface area contributed by atoms with Gasteiger partial charge in [-0.25, -0.2) is 18.0 Å². The van der Waals surface area contributed by atoms with Crippen molar-refractivity contribution in [3.8, 4) is 6.07 Å². The summed E-state index contributed by atoms with van der Waals surface area (Å²) < 4.78 is 68.0. The molecule has 0 aliphatic carbocycles. The van der Waals surface area contributed by atoms with E-state index in [1.165, 1.54) is 25.1 Å². The van der Waals surface area contributed by atoms with Gasteiger partial charge in [0.05, 0.1) is 45.3 Å². The van der Waals surface area contributed by atoms with Crippen LogP contribution in [0.2, 0.25) is 0 Å². The van der Waals surface area contributed by atoms with E-state index in [9.17, 15) is 41.2 Å². The maximum Gasteiger partial charge on any atom is 0.416 e. The summed E-state index contributed by atoms with van der Waals surface area (Å²) >= 11 is 0. The van der Waals surface area contributed by atoms with Gasteiger partial charge in [0.15, 0.2) is 9.84 Å². The first kappa shape index (κ1) is 28.8. The number of alkyl halides is 3. The van der Waals surface area contributed by atoms with Crippen molar-refractivity contribution in [1.82, 2.24) is 19.4 Å². The van der Waals surface area contributed by atoms with Gasteiger partial charge in [0, 0.05) is 32.7 Å². The number of carboxylic acid groups (broad SMARTS) is 1. The lowest BCUT2D eigenvalue weighted by atomic mass is 10.0. The number of rotatable bonds is 6. The summed E-state index contributed by atoms with van der Waals surface area (Å²) in [6.45, 7) is 1.25. The van der Waals surface area contributed by atoms with Crippen molar-refractivity contribution in [2.75, 3.05) is 31.9 Å².